The van der Waals surface area contributed by atoms with Crippen LogP contribution in [0.3, 0.4) is 0 Å². The van der Waals surface area contributed by atoms with Crippen LogP contribution in [-0.2, 0) is 4.79 Å². The van der Waals surface area contributed by atoms with E-state index in [1.165, 1.54) is 0 Å². The van der Waals surface area contributed by atoms with Crippen molar-refractivity contribution in [2.75, 3.05) is 33.2 Å². The van der Waals surface area contributed by atoms with Crippen molar-refractivity contribution in [3.8, 4) is 0 Å². The van der Waals surface area contributed by atoms with E-state index in [9.17, 15) is 4.79 Å². The number of halogens is 1. The fraction of sp³-hybridized carbons (Fsp3) is 0.812. The molecule has 24 heavy (non-hydrogen) atoms. The zero-order valence-corrected chi connectivity index (χ0v) is 15.3. The SMILES string of the molecule is CCCC(=O)N1CCCCC1c1nc(C2CNCCN2C)no1.Cl. The number of carbonyl (C=O) groups is 1. The van der Waals surface area contributed by atoms with E-state index < -0.39 is 0 Å². The van der Waals surface area contributed by atoms with Gasteiger partial charge in [-0.15, -0.1) is 12.4 Å². The Morgan fingerprint density at radius 2 is 2.17 bits per heavy atom. The second-order valence-corrected chi connectivity index (χ2v) is 6.54. The molecule has 2 saturated heterocycles. The Morgan fingerprint density at radius 3 is 2.92 bits per heavy atom. The first-order valence-corrected chi connectivity index (χ1v) is 8.74. The van der Waals surface area contributed by atoms with Crippen LogP contribution in [0.4, 0.5) is 0 Å². The van der Waals surface area contributed by atoms with Crippen LogP contribution in [0.15, 0.2) is 4.52 Å². The molecular weight excluding hydrogens is 330 g/mol. The summed E-state index contributed by atoms with van der Waals surface area (Å²) in [4.78, 5) is 21.2. The van der Waals surface area contributed by atoms with Crippen molar-refractivity contribution in [2.45, 2.75) is 51.1 Å². The van der Waals surface area contributed by atoms with E-state index in [-0.39, 0.29) is 30.4 Å². The highest BCUT2D eigenvalue weighted by Gasteiger charge is 2.33. The molecule has 2 fully saturated rings. The van der Waals surface area contributed by atoms with E-state index in [2.05, 4.69) is 27.4 Å². The van der Waals surface area contributed by atoms with Gasteiger partial charge >= 0.3 is 0 Å². The monoisotopic (exact) mass is 357 g/mol. The van der Waals surface area contributed by atoms with Gasteiger partial charge in [0.05, 0.1) is 6.04 Å². The smallest absolute Gasteiger partial charge is 0.249 e. The maximum atomic E-state index is 12.4. The van der Waals surface area contributed by atoms with E-state index in [0.29, 0.717) is 12.3 Å². The topological polar surface area (TPSA) is 74.5 Å². The van der Waals surface area contributed by atoms with E-state index in [4.69, 9.17) is 4.52 Å². The second-order valence-electron chi connectivity index (χ2n) is 6.54. The van der Waals surface area contributed by atoms with Gasteiger partial charge in [-0.1, -0.05) is 12.1 Å². The number of piperazine rings is 1. The second kappa shape index (κ2) is 8.78. The van der Waals surface area contributed by atoms with Crippen LogP contribution < -0.4 is 5.32 Å². The van der Waals surface area contributed by atoms with Gasteiger partial charge in [0.15, 0.2) is 5.82 Å². The Bertz CT molecular complexity index is 538. The molecule has 2 aliphatic heterocycles. The number of aromatic nitrogens is 2. The first-order chi connectivity index (χ1) is 11.2. The number of hydrogen-bond acceptors (Lipinski definition) is 6. The number of carbonyl (C=O) groups excluding carboxylic acids is 1. The largest absolute Gasteiger partial charge is 0.337 e. The highest BCUT2D eigenvalue weighted by molar-refractivity contribution is 5.85. The summed E-state index contributed by atoms with van der Waals surface area (Å²) in [6.07, 6.45) is 4.53. The third-order valence-electron chi connectivity index (χ3n) is 4.84. The van der Waals surface area contributed by atoms with Crippen molar-refractivity contribution >= 4 is 18.3 Å². The summed E-state index contributed by atoms with van der Waals surface area (Å²) in [5.74, 6) is 1.53. The van der Waals surface area contributed by atoms with Crippen molar-refractivity contribution in [3.05, 3.63) is 11.7 Å². The van der Waals surface area contributed by atoms with E-state index in [0.717, 1.165) is 57.7 Å². The normalized spacial score (nSPS) is 25.3. The van der Waals surface area contributed by atoms with E-state index in [1.807, 2.05) is 11.8 Å². The highest BCUT2D eigenvalue weighted by atomic mass is 35.5. The zero-order valence-electron chi connectivity index (χ0n) is 14.5. The van der Waals surface area contributed by atoms with Crippen LogP contribution >= 0.6 is 12.4 Å². The molecule has 1 aromatic heterocycles. The molecule has 0 bridgehead atoms. The Balaban J connectivity index is 0.00000208. The number of piperidine rings is 1. The number of rotatable bonds is 4. The minimum atomic E-state index is -0.0501. The summed E-state index contributed by atoms with van der Waals surface area (Å²) in [5.41, 5.74) is 0. The Hall–Kier alpha value is -1.18. The fourth-order valence-electron chi connectivity index (χ4n) is 3.46. The van der Waals surface area contributed by atoms with Gasteiger partial charge in [0, 0.05) is 32.6 Å². The first-order valence-electron chi connectivity index (χ1n) is 8.74. The van der Waals surface area contributed by atoms with Gasteiger partial charge in [-0.25, -0.2) is 0 Å². The molecule has 2 atom stereocenters. The van der Waals surface area contributed by atoms with Crippen molar-refractivity contribution in [3.63, 3.8) is 0 Å². The molecule has 2 aliphatic rings. The van der Waals surface area contributed by atoms with Gasteiger partial charge in [-0.2, -0.15) is 4.98 Å². The molecule has 3 heterocycles. The minimum absolute atomic E-state index is 0. The predicted molar refractivity (Wildman–Crippen MR) is 93.0 cm³/mol. The van der Waals surface area contributed by atoms with Crippen molar-refractivity contribution in [1.82, 2.24) is 25.3 Å². The van der Waals surface area contributed by atoms with Gasteiger partial charge in [0.2, 0.25) is 11.8 Å². The molecule has 0 aromatic carbocycles. The molecular formula is C16H28ClN5O2. The number of nitrogens with one attached hydrogen (secondary N) is 1. The summed E-state index contributed by atoms with van der Waals surface area (Å²) in [5, 5.41) is 7.57. The first kappa shape index (κ1) is 19.1. The predicted octanol–water partition coefficient (Wildman–Crippen LogP) is 1.92. The van der Waals surface area contributed by atoms with Crippen molar-refractivity contribution in [1.29, 1.82) is 0 Å². The van der Waals surface area contributed by atoms with Crippen molar-refractivity contribution < 1.29 is 9.32 Å². The maximum Gasteiger partial charge on any atom is 0.249 e. The summed E-state index contributed by atoms with van der Waals surface area (Å²) < 4.78 is 5.55. The molecule has 8 heteroatoms. The molecule has 0 saturated carbocycles. The Kier molecular flexibility index (Phi) is 7.01. The molecule has 136 valence electrons. The third-order valence-corrected chi connectivity index (χ3v) is 4.84. The molecule has 0 spiro atoms. The fourth-order valence-corrected chi connectivity index (χ4v) is 3.46. The van der Waals surface area contributed by atoms with Gasteiger partial charge in [-0.3, -0.25) is 9.69 Å². The number of likely N-dealkylation sites (N-methyl/N-ethyl adjacent to an activating group) is 1. The average Bonchev–Trinajstić information content (AvgIpc) is 3.05. The number of amides is 1. The average molecular weight is 358 g/mol. The van der Waals surface area contributed by atoms with Crippen LogP contribution in [0.2, 0.25) is 0 Å². The lowest BCUT2D eigenvalue weighted by Gasteiger charge is -2.33. The lowest BCUT2D eigenvalue weighted by Crippen LogP contribution is -2.44. The van der Waals surface area contributed by atoms with Gasteiger partial charge in [0.1, 0.15) is 6.04 Å². The summed E-state index contributed by atoms with van der Waals surface area (Å²) >= 11 is 0. The number of hydrogen-bond donors (Lipinski definition) is 1. The minimum Gasteiger partial charge on any atom is -0.337 e. The van der Waals surface area contributed by atoms with E-state index >= 15 is 0 Å². The van der Waals surface area contributed by atoms with Crippen LogP contribution in [0.1, 0.15) is 62.8 Å². The third kappa shape index (κ3) is 4.07. The summed E-state index contributed by atoms with van der Waals surface area (Å²) in [7, 11) is 2.08. The maximum absolute atomic E-state index is 12.4. The number of nitrogens with zero attached hydrogens (tertiary/aromatic N) is 4. The number of likely N-dealkylation sites (tertiary alicyclic amines) is 1. The lowest BCUT2D eigenvalue weighted by molar-refractivity contribution is -0.135. The quantitative estimate of drug-likeness (QED) is 0.887. The summed E-state index contributed by atoms with van der Waals surface area (Å²) in [6, 6.07) is 0.0931. The van der Waals surface area contributed by atoms with Gasteiger partial charge in [0.25, 0.3) is 0 Å². The summed E-state index contributed by atoms with van der Waals surface area (Å²) in [6.45, 7) is 5.62. The molecule has 1 N–H and O–H groups in total. The van der Waals surface area contributed by atoms with Crippen LogP contribution in [0.25, 0.3) is 0 Å². The highest BCUT2D eigenvalue weighted by Crippen LogP contribution is 2.31. The molecule has 0 aliphatic carbocycles. The molecule has 0 radical (unpaired) electrons. The molecule has 1 aromatic rings. The zero-order chi connectivity index (χ0) is 16.2. The van der Waals surface area contributed by atoms with Gasteiger partial charge in [-0.05, 0) is 32.7 Å². The van der Waals surface area contributed by atoms with Crippen LogP contribution in [0, 0.1) is 0 Å². The molecule has 2 unspecified atom stereocenters. The van der Waals surface area contributed by atoms with E-state index in [1.54, 1.807) is 0 Å². The lowest BCUT2D eigenvalue weighted by atomic mass is 10.0. The molecule has 7 nitrogen and oxygen atoms in total. The molecule has 3 rings (SSSR count). The standard InChI is InChI=1S/C16H27N5O2.ClH/c1-3-6-14(22)21-9-5-4-7-12(21)16-18-15(19-23-16)13-11-17-8-10-20(13)2;/h12-13,17H,3-11H2,1-2H3;1H. The van der Waals surface area contributed by atoms with Crippen LogP contribution in [0.5, 0.6) is 0 Å². The molecule has 1 amide bonds. The van der Waals surface area contributed by atoms with Gasteiger partial charge < -0.3 is 14.7 Å². The Labute approximate surface area is 149 Å². The Morgan fingerprint density at radius 1 is 1.33 bits per heavy atom. The van der Waals surface area contributed by atoms with Crippen molar-refractivity contribution in [2.24, 2.45) is 0 Å². The van der Waals surface area contributed by atoms with Crippen LogP contribution in [-0.4, -0.2) is 59.1 Å².